The zero-order chi connectivity index (χ0) is 15.8. The maximum absolute atomic E-state index is 11.8. The minimum Gasteiger partial charge on any atom is -0.480 e. The molecule has 0 aliphatic carbocycles. The van der Waals surface area contributed by atoms with Gasteiger partial charge in [0.05, 0.1) is 0 Å². The number of methoxy groups -OCH3 is 1. The van der Waals surface area contributed by atoms with Crippen molar-refractivity contribution < 1.29 is 19.4 Å². The zero-order valence-corrected chi connectivity index (χ0v) is 13.1. The highest BCUT2D eigenvalue weighted by Gasteiger charge is 2.19. The van der Waals surface area contributed by atoms with Crippen LogP contribution in [0.4, 0.5) is 0 Å². The number of carboxylic acid groups (broad SMARTS) is 1. The Bertz CT molecular complexity index is 508. The van der Waals surface area contributed by atoms with Gasteiger partial charge in [0.25, 0.3) is 0 Å². The predicted octanol–water partition coefficient (Wildman–Crippen LogP) is 2.53. The molecule has 0 saturated heterocycles. The summed E-state index contributed by atoms with van der Waals surface area (Å²) in [6.07, 6.45) is 0.788. The van der Waals surface area contributed by atoms with Crippen LogP contribution >= 0.6 is 23.2 Å². The number of ether oxygens (including phenoxy) is 1. The molecule has 0 saturated carbocycles. The lowest BCUT2D eigenvalue weighted by atomic mass is 10.1. The molecular weight excluding hydrogens is 317 g/mol. The summed E-state index contributed by atoms with van der Waals surface area (Å²) in [6.45, 7) is 0.264. The molecule has 0 aliphatic rings. The number of hydrogen-bond acceptors (Lipinski definition) is 3. The summed E-state index contributed by atoms with van der Waals surface area (Å²) >= 11 is 11.8. The van der Waals surface area contributed by atoms with Gasteiger partial charge in [-0.3, -0.25) is 4.79 Å². The molecule has 0 fully saturated rings. The van der Waals surface area contributed by atoms with Crippen LogP contribution in [0.2, 0.25) is 10.0 Å². The zero-order valence-electron chi connectivity index (χ0n) is 11.6. The Hall–Kier alpha value is -1.30. The molecule has 1 amide bonds. The van der Waals surface area contributed by atoms with Crippen LogP contribution in [0.25, 0.3) is 0 Å². The number of aryl methyl sites for hydroxylation is 1. The lowest BCUT2D eigenvalue weighted by Crippen LogP contribution is -2.41. The van der Waals surface area contributed by atoms with Crippen molar-refractivity contribution in [2.45, 2.75) is 25.3 Å². The number of hydrogen-bond donors (Lipinski definition) is 2. The number of carbonyl (C=O) groups is 2. The van der Waals surface area contributed by atoms with E-state index in [2.05, 4.69) is 5.32 Å². The van der Waals surface area contributed by atoms with E-state index in [0.717, 1.165) is 5.56 Å². The molecule has 0 aromatic heterocycles. The van der Waals surface area contributed by atoms with Crippen molar-refractivity contribution in [2.75, 3.05) is 13.7 Å². The van der Waals surface area contributed by atoms with Gasteiger partial charge in [-0.2, -0.15) is 0 Å². The molecule has 2 N–H and O–H groups in total. The third kappa shape index (κ3) is 6.33. The predicted molar refractivity (Wildman–Crippen MR) is 80.8 cm³/mol. The molecule has 1 unspecified atom stereocenters. The van der Waals surface area contributed by atoms with Gasteiger partial charge >= 0.3 is 5.97 Å². The number of aliphatic carboxylic acids is 1. The first-order chi connectivity index (χ1) is 9.93. The molecule has 0 bridgehead atoms. The van der Waals surface area contributed by atoms with E-state index in [1.165, 1.54) is 7.11 Å². The SMILES string of the molecule is COCCC(NC(=O)CCc1ccc(Cl)cc1Cl)C(=O)O. The molecule has 116 valence electrons. The fraction of sp³-hybridized carbons (Fsp3) is 0.429. The van der Waals surface area contributed by atoms with E-state index >= 15 is 0 Å². The highest BCUT2D eigenvalue weighted by molar-refractivity contribution is 6.35. The van der Waals surface area contributed by atoms with Crippen molar-refractivity contribution in [1.29, 1.82) is 0 Å². The fourth-order valence-electron chi connectivity index (χ4n) is 1.73. The molecule has 1 aromatic carbocycles. The van der Waals surface area contributed by atoms with Crippen LogP contribution in [0.1, 0.15) is 18.4 Å². The first-order valence-corrected chi connectivity index (χ1v) is 7.14. The maximum Gasteiger partial charge on any atom is 0.326 e. The molecule has 21 heavy (non-hydrogen) atoms. The second kappa shape index (κ2) is 8.87. The van der Waals surface area contributed by atoms with E-state index in [9.17, 15) is 9.59 Å². The topological polar surface area (TPSA) is 75.6 Å². The molecule has 7 heteroatoms. The van der Waals surface area contributed by atoms with Crippen molar-refractivity contribution in [3.63, 3.8) is 0 Å². The summed E-state index contributed by atoms with van der Waals surface area (Å²) in [5.74, 6) is -1.42. The lowest BCUT2D eigenvalue weighted by Gasteiger charge is -2.14. The number of nitrogens with one attached hydrogen (secondary N) is 1. The number of amides is 1. The second-order valence-electron chi connectivity index (χ2n) is 4.48. The van der Waals surface area contributed by atoms with Crippen LogP contribution < -0.4 is 5.32 Å². The quantitative estimate of drug-likeness (QED) is 0.766. The van der Waals surface area contributed by atoms with E-state index in [1.54, 1.807) is 18.2 Å². The van der Waals surface area contributed by atoms with Gasteiger partial charge in [0.15, 0.2) is 0 Å². The lowest BCUT2D eigenvalue weighted by molar-refractivity contribution is -0.142. The number of rotatable bonds is 8. The van der Waals surface area contributed by atoms with Gasteiger partial charge in [-0.25, -0.2) is 4.79 Å². The van der Waals surface area contributed by atoms with Crippen molar-refractivity contribution >= 4 is 35.1 Å². The Balaban J connectivity index is 2.50. The van der Waals surface area contributed by atoms with Crippen LogP contribution in [-0.2, 0) is 20.7 Å². The Labute approximate surface area is 133 Å². The van der Waals surface area contributed by atoms with Crippen molar-refractivity contribution in [1.82, 2.24) is 5.32 Å². The van der Waals surface area contributed by atoms with Crippen LogP contribution in [0.3, 0.4) is 0 Å². The van der Waals surface area contributed by atoms with Crippen molar-refractivity contribution in [3.8, 4) is 0 Å². The Kier molecular flexibility index (Phi) is 7.50. The third-order valence-electron chi connectivity index (χ3n) is 2.88. The summed E-state index contributed by atoms with van der Waals surface area (Å²) in [5, 5.41) is 12.5. The van der Waals surface area contributed by atoms with E-state index < -0.39 is 12.0 Å². The van der Waals surface area contributed by atoms with Crippen LogP contribution in [0, 0.1) is 0 Å². The number of carbonyl (C=O) groups excluding carboxylic acids is 1. The first kappa shape index (κ1) is 17.8. The maximum atomic E-state index is 11.8. The van der Waals surface area contributed by atoms with Crippen LogP contribution in [0.15, 0.2) is 18.2 Å². The molecule has 1 aromatic rings. The van der Waals surface area contributed by atoms with E-state index in [0.29, 0.717) is 16.5 Å². The monoisotopic (exact) mass is 333 g/mol. The molecule has 0 spiro atoms. The normalized spacial score (nSPS) is 12.0. The molecule has 0 heterocycles. The Morgan fingerprint density at radius 3 is 2.67 bits per heavy atom. The van der Waals surface area contributed by atoms with E-state index in [4.69, 9.17) is 33.0 Å². The van der Waals surface area contributed by atoms with Gasteiger partial charge in [0.2, 0.25) is 5.91 Å². The highest BCUT2D eigenvalue weighted by atomic mass is 35.5. The van der Waals surface area contributed by atoms with Gasteiger partial charge in [0, 0.05) is 36.6 Å². The number of carboxylic acids is 1. The average Bonchev–Trinajstić information content (AvgIpc) is 2.42. The largest absolute Gasteiger partial charge is 0.480 e. The van der Waals surface area contributed by atoms with E-state index in [1.807, 2.05) is 0 Å². The minimum absolute atomic E-state index is 0.151. The summed E-state index contributed by atoms with van der Waals surface area (Å²) in [4.78, 5) is 22.8. The standard InChI is InChI=1S/C14H17Cl2NO4/c1-21-7-6-12(14(19)20)17-13(18)5-3-9-2-4-10(15)8-11(9)16/h2,4,8,12H,3,5-7H2,1H3,(H,17,18)(H,19,20). The van der Waals surface area contributed by atoms with Crippen LogP contribution in [0.5, 0.6) is 0 Å². The van der Waals surface area contributed by atoms with Gasteiger partial charge in [-0.15, -0.1) is 0 Å². The molecule has 1 atom stereocenters. The van der Waals surface area contributed by atoms with E-state index in [-0.39, 0.29) is 25.4 Å². The summed E-state index contributed by atoms with van der Waals surface area (Å²) < 4.78 is 4.82. The van der Waals surface area contributed by atoms with Gasteiger partial charge in [-0.1, -0.05) is 29.3 Å². The summed E-state index contributed by atoms with van der Waals surface area (Å²) in [6, 6.07) is 4.10. The molecule has 1 rings (SSSR count). The Morgan fingerprint density at radius 2 is 2.10 bits per heavy atom. The van der Waals surface area contributed by atoms with Crippen molar-refractivity contribution in [2.24, 2.45) is 0 Å². The first-order valence-electron chi connectivity index (χ1n) is 6.39. The molecule has 0 aliphatic heterocycles. The highest BCUT2D eigenvalue weighted by Crippen LogP contribution is 2.22. The molecule has 0 radical (unpaired) electrons. The summed E-state index contributed by atoms with van der Waals surface area (Å²) in [7, 11) is 1.48. The second-order valence-corrected chi connectivity index (χ2v) is 5.32. The third-order valence-corrected chi connectivity index (χ3v) is 3.47. The number of halogens is 2. The van der Waals surface area contributed by atoms with Gasteiger partial charge < -0.3 is 15.2 Å². The van der Waals surface area contributed by atoms with Crippen LogP contribution in [-0.4, -0.2) is 36.7 Å². The Morgan fingerprint density at radius 1 is 1.38 bits per heavy atom. The van der Waals surface area contributed by atoms with Crippen molar-refractivity contribution in [3.05, 3.63) is 33.8 Å². The fourth-order valence-corrected chi connectivity index (χ4v) is 2.24. The molecular formula is C14H17Cl2NO4. The smallest absolute Gasteiger partial charge is 0.326 e. The molecule has 5 nitrogen and oxygen atoms in total. The number of benzene rings is 1. The summed E-state index contributed by atoms with van der Waals surface area (Å²) in [5.41, 5.74) is 0.792. The average molecular weight is 334 g/mol. The van der Waals surface area contributed by atoms with Gasteiger partial charge in [-0.05, 0) is 24.1 Å². The van der Waals surface area contributed by atoms with Gasteiger partial charge in [0.1, 0.15) is 6.04 Å². The minimum atomic E-state index is -1.08.